The fourth-order valence-electron chi connectivity index (χ4n) is 6.47. The first-order chi connectivity index (χ1) is 18.9. The second-order valence-corrected chi connectivity index (χ2v) is 10.4. The lowest BCUT2D eigenvalue weighted by molar-refractivity contribution is 0.911. The highest BCUT2D eigenvalue weighted by Gasteiger charge is 2.26. The summed E-state index contributed by atoms with van der Waals surface area (Å²) in [4.78, 5) is 14.8. The molecule has 0 radical (unpaired) electrons. The molecule has 0 fully saturated rings. The summed E-state index contributed by atoms with van der Waals surface area (Å²) in [5.74, 6) is 2.88. The number of rotatable bonds is 3. The lowest BCUT2D eigenvalue weighted by Crippen LogP contribution is -2.14. The molecule has 0 bridgehead atoms. The lowest BCUT2D eigenvalue weighted by Gasteiger charge is -2.26. The van der Waals surface area contributed by atoms with Crippen LogP contribution < -0.4 is 0 Å². The molecule has 6 nitrogen and oxygen atoms in total. The Kier molecular flexibility index (Phi) is 5.04. The minimum absolute atomic E-state index is 0.961. The summed E-state index contributed by atoms with van der Waals surface area (Å²) in [5, 5.41) is 0. The summed E-state index contributed by atoms with van der Waals surface area (Å²) < 4.78 is 6.94. The van der Waals surface area contributed by atoms with Gasteiger partial charge in [0.15, 0.2) is 0 Å². The van der Waals surface area contributed by atoms with E-state index < -0.39 is 0 Å². The van der Waals surface area contributed by atoms with Crippen molar-refractivity contribution in [2.75, 3.05) is 0 Å². The van der Waals surface area contributed by atoms with Gasteiger partial charge >= 0.3 is 0 Å². The van der Waals surface area contributed by atoms with Crippen molar-refractivity contribution in [1.29, 1.82) is 0 Å². The van der Waals surface area contributed by atoms with Crippen LogP contribution in [0, 0.1) is 41.5 Å². The van der Waals surface area contributed by atoms with E-state index in [0.717, 1.165) is 67.6 Å². The highest BCUT2D eigenvalue weighted by molar-refractivity contribution is 5.86. The van der Waals surface area contributed by atoms with E-state index >= 15 is 0 Å². The number of fused-ring (bicyclic) bond motifs is 3. The predicted molar refractivity (Wildman–Crippen MR) is 159 cm³/mol. The normalized spacial score (nSPS) is 11.8. The molecule has 0 aliphatic rings. The quantitative estimate of drug-likeness (QED) is 0.247. The van der Waals surface area contributed by atoms with Crippen LogP contribution in [0.1, 0.15) is 34.2 Å². The highest BCUT2D eigenvalue weighted by atomic mass is 15.1. The van der Waals surface area contributed by atoms with Crippen molar-refractivity contribution in [2.45, 2.75) is 41.5 Å². The van der Waals surface area contributed by atoms with Crippen LogP contribution in [0.4, 0.5) is 0 Å². The van der Waals surface area contributed by atoms with Crippen LogP contribution in [0.3, 0.4) is 0 Å². The van der Waals surface area contributed by atoms with Crippen LogP contribution >= 0.6 is 0 Å². The molecule has 3 heterocycles. The molecule has 39 heavy (non-hydrogen) atoms. The lowest BCUT2D eigenvalue weighted by atomic mass is 9.97. The third-order valence-electron chi connectivity index (χ3n) is 7.99. The molecule has 3 aromatic heterocycles. The Morgan fingerprint density at radius 2 is 0.641 bits per heavy atom. The van der Waals surface area contributed by atoms with Crippen LogP contribution in [0.25, 0.3) is 50.2 Å². The van der Waals surface area contributed by atoms with Gasteiger partial charge in [0.05, 0.1) is 50.2 Å². The summed E-state index contributed by atoms with van der Waals surface area (Å²) in [6.07, 6.45) is 0. The molecule has 7 rings (SSSR count). The van der Waals surface area contributed by atoms with Crippen LogP contribution in [0.2, 0.25) is 0 Å². The Bertz CT molecular complexity index is 1830. The van der Waals surface area contributed by atoms with E-state index in [2.05, 4.69) is 110 Å². The van der Waals surface area contributed by atoms with Gasteiger partial charge < -0.3 is 0 Å². The van der Waals surface area contributed by atoms with Gasteiger partial charge in [-0.15, -0.1) is 0 Å². The number of hydrogen-bond acceptors (Lipinski definition) is 3. The van der Waals surface area contributed by atoms with Crippen molar-refractivity contribution in [1.82, 2.24) is 28.7 Å². The largest absolute Gasteiger partial charge is 0.296 e. The highest BCUT2D eigenvalue weighted by Crippen LogP contribution is 2.40. The van der Waals surface area contributed by atoms with E-state index in [-0.39, 0.29) is 0 Å². The van der Waals surface area contributed by atoms with E-state index in [1.807, 2.05) is 18.2 Å². The number of imidazole rings is 3. The van der Waals surface area contributed by atoms with Gasteiger partial charge in [-0.2, -0.15) is 0 Å². The minimum Gasteiger partial charge on any atom is -0.296 e. The Balaban J connectivity index is 1.70. The second kappa shape index (κ2) is 8.40. The SMILES string of the molecule is Cc1c(-n2c(C)nc3ccccc32)c(C)c(-n2c(C)nc3ccccc32)c(C)c1-n1c(C)nc2ccccc21. The molecule has 4 aromatic carbocycles. The fraction of sp³-hybridized carbons (Fsp3) is 0.182. The van der Waals surface area contributed by atoms with Gasteiger partial charge in [-0.1, -0.05) is 36.4 Å². The average molecular weight is 511 g/mol. The van der Waals surface area contributed by atoms with Gasteiger partial charge in [0.2, 0.25) is 0 Å². The van der Waals surface area contributed by atoms with Gasteiger partial charge in [-0.25, -0.2) is 15.0 Å². The summed E-state index contributed by atoms with van der Waals surface area (Å²) in [7, 11) is 0. The second-order valence-electron chi connectivity index (χ2n) is 10.4. The topological polar surface area (TPSA) is 53.5 Å². The van der Waals surface area contributed by atoms with Crippen LogP contribution in [0.15, 0.2) is 72.8 Å². The number of aryl methyl sites for hydroxylation is 3. The first kappa shape index (κ1) is 23.4. The molecule has 192 valence electrons. The molecule has 7 aromatic rings. The van der Waals surface area contributed by atoms with Crippen molar-refractivity contribution in [3.8, 4) is 17.1 Å². The Hall–Kier alpha value is -4.71. The number of nitrogens with zero attached hydrogens (tertiary/aromatic N) is 6. The van der Waals surface area contributed by atoms with Gasteiger partial charge in [-0.3, -0.25) is 13.7 Å². The van der Waals surface area contributed by atoms with Crippen LogP contribution in [-0.2, 0) is 0 Å². The monoisotopic (exact) mass is 510 g/mol. The number of aromatic nitrogens is 6. The maximum Gasteiger partial charge on any atom is 0.111 e. The first-order valence-corrected chi connectivity index (χ1v) is 13.3. The predicted octanol–water partition coefficient (Wildman–Crippen LogP) is 7.55. The third kappa shape index (κ3) is 3.24. The van der Waals surface area contributed by atoms with Gasteiger partial charge in [0, 0.05) is 0 Å². The molecule has 0 atom stereocenters. The van der Waals surface area contributed by atoms with Crippen LogP contribution in [0.5, 0.6) is 0 Å². The maximum atomic E-state index is 4.94. The molecular formula is C33H30N6. The fourth-order valence-corrected chi connectivity index (χ4v) is 6.47. The number of benzene rings is 4. The smallest absolute Gasteiger partial charge is 0.111 e. The third-order valence-corrected chi connectivity index (χ3v) is 7.99. The van der Waals surface area contributed by atoms with E-state index in [1.54, 1.807) is 0 Å². The van der Waals surface area contributed by atoms with Crippen molar-refractivity contribution in [2.24, 2.45) is 0 Å². The molecular weight excluding hydrogens is 480 g/mol. The van der Waals surface area contributed by atoms with Crippen molar-refractivity contribution in [3.63, 3.8) is 0 Å². The zero-order chi connectivity index (χ0) is 27.0. The number of para-hydroxylation sites is 6. The minimum atomic E-state index is 0.961. The Labute approximate surface area is 227 Å². The Morgan fingerprint density at radius 3 is 0.923 bits per heavy atom. The molecule has 0 aliphatic carbocycles. The summed E-state index contributed by atoms with van der Waals surface area (Å²) in [6.45, 7) is 13.0. The molecule has 0 N–H and O–H groups in total. The van der Waals surface area contributed by atoms with E-state index in [1.165, 1.54) is 16.7 Å². The molecule has 0 amide bonds. The molecule has 6 heteroatoms. The van der Waals surface area contributed by atoms with Crippen molar-refractivity contribution < 1.29 is 0 Å². The maximum absolute atomic E-state index is 4.94. The standard InChI is InChI=1S/C33H30N6/c1-19-31(37-22(4)34-25-13-7-10-16-28(25)37)20(2)33(39-24(6)36-27-15-9-12-18-30(27)39)21(3)32(19)38-23(5)35-26-14-8-11-17-29(26)38/h7-18H,1-6H3. The van der Waals surface area contributed by atoms with E-state index in [9.17, 15) is 0 Å². The number of hydrogen-bond donors (Lipinski definition) is 0. The molecule has 0 aliphatic heterocycles. The summed E-state index contributed by atoms with van der Waals surface area (Å²) >= 11 is 0. The summed E-state index contributed by atoms with van der Waals surface area (Å²) in [6, 6.07) is 25.1. The zero-order valence-electron chi connectivity index (χ0n) is 23.1. The molecule has 0 spiro atoms. The van der Waals surface area contributed by atoms with Crippen molar-refractivity contribution >= 4 is 33.1 Å². The first-order valence-electron chi connectivity index (χ1n) is 13.3. The van der Waals surface area contributed by atoms with Gasteiger partial charge in [-0.05, 0) is 94.6 Å². The molecule has 0 unspecified atom stereocenters. The van der Waals surface area contributed by atoms with E-state index in [4.69, 9.17) is 15.0 Å². The van der Waals surface area contributed by atoms with Crippen LogP contribution in [-0.4, -0.2) is 28.7 Å². The van der Waals surface area contributed by atoms with E-state index in [0.29, 0.717) is 0 Å². The van der Waals surface area contributed by atoms with Gasteiger partial charge in [0.25, 0.3) is 0 Å². The zero-order valence-corrected chi connectivity index (χ0v) is 23.1. The van der Waals surface area contributed by atoms with Crippen molar-refractivity contribution in [3.05, 3.63) is 107 Å². The summed E-state index contributed by atoms with van der Waals surface area (Å²) in [5.41, 5.74) is 13.3. The average Bonchev–Trinajstić information content (AvgIpc) is 3.55. The molecule has 0 saturated carbocycles. The molecule has 0 saturated heterocycles. The van der Waals surface area contributed by atoms with Gasteiger partial charge in [0.1, 0.15) is 17.5 Å². The Morgan fingerprint density at radius 1 is 0.385 bits per heavy atom.